The van der Waals surface area contributed by atoms with Crippen LogP contribution in [0.5, 0.6) is 0 Å². The third kappa shape index (κ3) is 3.45. The van der Waals surface area contributed by atoms with Crippen molar-refractivity contribution >= 4 is 34.6 Å². The van der Waals surface area contributed by atoms with Crippen molar-refractivity contribution < 1.29 is 13.6 Å². The number of piperidine rings is 2. The highest BCUT2D eigenvalue weighted by Gasteiger charge is 2.32. The van der Waals surface area contributed by atoms with Gasteiger partial charge in [-0.3, -0.25) is 4.79 Å². The molecule has 2 aliphatic heterocycles. The third-order valence-corrected chi connectivity index (χ3v) is 5.35. The minimum Gasteiger partial charge on any atom is -0.423 e. The molecule has 5 nitrogen and oxygen atoms in total. The molecule has 2 aromatic rings. The number of fused-ring (bicyclic) bond motifs is 1. The van der Waals surface area contributed by atoms with Gasteiger partial charge in [-0.05, 0) is 43.9 Å². The first-order valence-corrected chi connectivity index (χ1v) is 9.22. The molecule has 0 bridgehead atoms. The van der Waals surface area contributed by atoms with Crippen molar-refractivity contribution in [3.8, 4) is 0 Å². The van der Waals surface area contributed by atoms with E-state index in [0.717, 1.165) is 24.9 Å². The summed E-state index contributed by atoms with van der Waals surface area (Å²) >= 11 is 6.00. The number of benzene rings is 1. The van der Waals surface area contributed by atoms with E-state index in [9.17, 15) is 9.18 Å². The molecule has 0 saturated carbocycles. The first kappa shape index (κ1) is 16.6. The van der Waals surface area contributed by atoms with Crippen LogP contribution in [-0.4, -0.2) is 48.1 Å². The normalized spacial score (nSPS) is 22.6. The zero-order valence-electron chi connectivity index (χ0n) is 14.0. The maximum absolute atomic E-state index is 13.3. The lowest BCUT2D eigenvalue weighted by molar-refractivity contribution is -0.137. The number of alkyl halides is 1. The van der Waals surface area contributed by atoms with E-state index in [2.05, 4.69) is 4.98 Å². The molecular weight excluding hydrogens is 345 g/mol. The Kier molecular flexibility index (Phi) is 4.54. The number of oxazole rings is 1. The van der Waals surface area contributed by atoms with Gasteiger partial charge in [0, 0.05) is 31.2 Å². The fourth-order valence-electron chi connectivity index (χ4n) is 3.70. The molecule has 4 rings (SSSR count). The van der Waals surface area contributed by atoms with Crippen LogP contribution in [0.3, 0.4) is 0 Å². The van der Waals surface area contributed by atoms with Gasteiger partial charge in [-0.2, -0.15) is 4.98 Å². The van der Waals surface area contributed by atoms with Gasteiger partial charge < -0.3 is 14.2 Å². The molecule has 1 aromatic heterocycles. The van der Waals surface area contributed by atoms with Crippen LogP contribution < -0.4 is 4.90 Å². The lowest BCUT2D eigenvalue weighted by Crippen LogP contribution is -2.47. The predicted octanol–water partition coefficient (Wildman–Crippen LogP) is 3.66. The fourth-order valence-corrected chi connectivity index (χ4v) is 3.87. The topological polar surface area (TPSA) is 49.6 Å². The summed E-state index contributed by atoms with van der Waals surface area (Å²) < 4.78 is 19.1. The van der Waals surface area contributed by atoms with E-state index < -0.39 is 6.17 Å². The number of hydrogen-bond donors (Lipinski definition) is 0. The molecule has 2 fully saturated rings. The van der Waals surface area contributed by atoms with E-state index in [1.54, 1.807) is 12.1 Å². The van der Waals surface area contributed by atoms with Crippen molar-refractivity contribution in [2.45, 2.75) is 31.9 Å². The average Bonchev–Trinajstić information content (AvgIpc) is 3.05. The predicted molar refractivity (Wildman–Crippen MR) is 94.7 cm³/mol. The number of halogens is 2. The Bertz CT molecular complexity index is 773. The molecule has 0 spiro atoms. The van der Waals surface area contributed by atoms with Gasteiger partial charge in [0.05, 0.1) is 5.92 Å². The van der Waals surface area contributed by atoms with Crippen LogP contribution in [0.2, 0.25) is 5.02 Å². The Hall–Kier alpha value is -1.82. The van der Waals surface area contributed by atoms with Crippen LogP contribution in [0, 0.1) is 5.92 Å². The molecule has 2 saturated heterocycles. The maximum Gasteiger partial charge on any atom is 0.298 e. The second-order valence-electron chi connectivity index (χ2n) is 6.89. The van der Waals surface area contributed by atoms with Crippen LogP contribution >= 0.6 is 11.6 Å². The summed E-state index contributed by atoms with van der Waals surface area (Å²) in [4.78, 5) is 21.1. The quantitative estimate of drug-likeness (QED) is 0.815. The fraction of sp³-hybridized carbons (Fsp3) is 0.556. The van der Waals surface area contributed by atoms with Gasteiger partial charge in [0.2, 0.25) is 5.91 Å². The van der Waals surface area contributed by atoms with Crippen molar-refractivity contribution in [2.75, 3.05) is 31.1 Å². The Morgan fingerprint density at radius 2 is 2.04 bits per heavy atom. The van der Waals surface area contributed by atoms with Crippen molar-refractivity contribution in [3.63, 3.8) is 0 Å². The van der Waals surface area contributed by atoms with Crippen molar-refractivity contribution in [1.29, 1.82) is 0 Å². The lowest BCUT2D eigenvalue weighted by Gasteiger charge is -2.36. The van der Waals surface area contributed by atoms with Crippen LogP contribution in [0.4, 0.5) is 10.4 Å². The summed E-state index contributed by atoms with van der Waals surface area (Å²) in [5, 5.41) is 0.621. The zero-order chi connectivity index (χ0) is 17.4. The van der Waals surface area contributed by atoms with E-state index in [1.807, 2.05) is 15.9 Å². The first-order valence-electron chi connectivity index (χ1n) is 8.84. The minimum atomic E-state index is -0.765. The number of anilines is 1. The molecular formula is C18H21ClFN3O2. The smallest absolute Gasteiger partial charge is 0.298 e. The van der Waals surface area contributed by atoms with Gasteiger partial charge in [-0.1, -0.05) is 11.6 Å². The van der Waals surface area contributed by atoms with Gasteiger partial charge in [0.25, 0.3) is 6.01 Å². The number of carbonyl (C=O) groups excluding carboxylic acids is 1. The highest BCUT2D eigenvalue weighted by atomic mass is 35.5. The Labute approximate surface area is 150 Å². The second kappa shape index (κ2) is 6.83. The first-order chi connectivity index (χ1) is 12.1. The Balaban J connectivity index is 1.47. The number of likely N-dealkylation sites (tertiary alicyclic amines) is 1. The number of rotatable bonds is 2. The van der Waals surface area contributed by atoms with Crippen LogP contribution in [0.15, 0.2) is 22.6 Å². The third-order valence-electron chi connectivity index (χ3n) is 5.12. The molecule has 0 N–H and O–H groups in total. The van der Waals surface area contributed by atoms with Gasteiger partial charge in [-0.15, -0.1) is 0 Å². The molecule has 1 unspecified atom stereocenters. The summed E-state index contributed by atoms with van der Waals surface area (Å²) in [5.74, 6) is 0.0549. The molecule has 3 heterocycles. The van der Waals surface area contributed by atoms with Gasteiger partial charge >= 0.3 is 0 Å². The zero-order valence-corrected chi connectivity index (χ0v) is 14.7. The maximum atomic E-state index is 13.3. The average molecular weight is 366 g/mol. The molecule has 134 valence electrons. The van der Waals surface area contributed by atoms with E-state index in [0.29, 0.717) is 49.1 Å². The van der Waals surface area contributed by atoms with Crippen molar-refractivity contribution in [2.24, 2.45) is 5.92 Å². The van der Waals surface area contributed by atoms with Gasteiger partial charge in [0.15, 0.2) is 5.58 Å². The summed E-state index contributed by atoms with van der Waals surface area (Å²) in [6.45, 7) is 2.46. The summed E-state index contributed by atoms with van der Waals surface area (Å²) in [6.07, 6.45) is 1.91. The minimum absolute atomic E-state index is 0.0801. The van der Waals surface area contributed by atoms with E-state index in [4.69, 9.17) is 16.0 Å². The molecule has 0 aliphatic carbocycles. The number of nitrogens with zero attached hydrogens (tertiary/aromatic N) is 3. The highest BCUT2D eigenvalue weighted by Crippen LogP contribution is 2.29. The molecule has 0 radical (unpaired) electrons. The van der Waals surface area contributed by atoms with Crippen LogP contribution in [0.1, 0.15) is 25.7 Å². The number of aromatic nitrogens is 1. The summed E-state index contributed by atoms with van der Waals surface area (Å²) in [5.41, 5.74) is 1.42. The van der Waals surface area contributed by atoms with Gasteiger partial charge in [0.1, 0.15) is 11.7 Å². The highest BCUT2D eigenvalue weighted by molar-refractivity contribution is 6.31. The van der Waals surface area contributed by atoms with Crippen LogP contribution in [0.25, 0.3) is 11.1 Å². The lowest BCUT2D eigenvalue weighted by atomic mass is 9.95. The molecule has 1 atom stereocenters. The number of amides is 1. The molecule has 1 aromatic carbocycles. The van der Waals surface area contributed by atoms with E-state index >= 15 is 0 Å². The molecule has 2 aliphatic rings. The van der Waals surface area contributed by atoms with Crippen LogP contribution in [-0.2, 0) is 4.79 Å². The number of hydrogen-bond acceptors (Lipinski definition) is 4. The number of carbonyl (C=O) groups is 1. The molecule has 7 heteroatoms. The monoisotopic (exact) mass is 365 g/mol. The largest absolute Gasteiger partial charge is 0.423 e. The summed E-state index contributed by atoms with van der Waals surface area (Å²) in [6, 6.07) is 5.90. The van der Waals surface area contributed by atoms with E-state index in [-0.39, 0.29) is 11.8 Å². The standard InChI is InChI=1S/C18H21ClFN3O2/c19-13-3-4-16-15(10-13)21-18(25-16)23-7-1-2-12(11-23)17(24)22-8-5-14(20)6-9-22/h3-4,10,12,14H,1-2,5-9,11H2. The Morgan fingerprint density at radius 3 is 2.84 bits per heavy atom. The van der Waals surface area contributed by atoms with Gasteiger partial charge in [-0.25, -0.2) is 4.39 Å². The second-order valence-corrected chi connectivity index (χ2v) is 7.33. The Morgan fingerprint density at radius 1 is 1.24 bits per heavy atom. The van der Waals surface area contributed by atoms with Crippen molar-refractivity contribution in [3.05, 3.63) is 23.2 Å². The molecule has 1 amide bonds. The van der Waals surface area contributed by atoms with E-state index in [1.165, 1.54) is 0 Å². The van der Waals surface area contributed by atoms with Crippen molar-refractivity contribution in [1.82, 2.24) is 9.88 Å². The summed E-state index contributed by atoms with van der Waals surface area (Å²) in [7, 11) is 0. The molecule has 25 heavy (non-hydrogen) atoms. The SMILES string of the molecule is O=C(C1CCCN(c2nc3cc(Cl)ccc3o2)C1)N1CCC(F)CC1.